The number of aliphatic hydroxyl groups is 1. The van der Waals surface area contributed by atoms with E-state index in [1.807, 2.05) is 0 Å². The van der Waals surface area contributed by atoms with E-state index in [2.05, 4.69) is 30.8 Å². The van der Waals surface area contributed by atoms with E-state index in [-0.39, 0.29) is 12.6 Å². The van der Waals surface area contributed by atoms with Crippen molar-refractivity contribution in [2.24, 2.45) is 0 Å². The van der Waals surface area contributed by atoms with Gasteiger partial charge in [-0.1, -0.05) is 11.6 Å². The normalized spacial score (nSPS) is 21.2. The molecular weight excluding hydrogens is 293 g/mol. The number of piperidine rings is 1. The molecule has 0 aliphatic carbocycles. The van der Waals surface area contributed by atoms with Gasteiger partial charge in [0.05, 0.1) is 17.1 Å². The highest BCUT2D eigenvalue weighted by Gasteiger charge is 2.25. The summed E-state index contributed by atoms with van der Waals surface area (Å²) in [7, 11) is 0. The average molecular weight is 307 g/mol. The van der Waals surface area contributed by atoms with Gasteiger partial charge in [0.25, 0.3) is 0 Å². The topological polar surface area (TPSA) is 49.2 Å². The van der Waals surface area contributed by atoms with Crippen LogP contribution in [-0.4, -0.2) is 34.3 Å². The molecule has 4 nitrogen and oxygen atoms in total. The van der Waals surface area contributed by atoms with Crippen LogP contribution in [0.15, 0.2) is 10.8 Å². The highest BCUT2D eigenvalue weighted by molar-refractivity contribution is 9.10. The maximum absolute atomic E-state index is 9.35. The van der Waals surface area contributed by atoms with Crippen molar-refractivity contribution < 1.29 is 5.11 Å². The summed E-state index contributed by atoms with van der Waals surface area (Å²) in [5.74, 6) is 0.777. The van der Waals surface area contributed by atoms with Crippen LogP contribution in [0.4, 0.5) is 5.82 Å². The third-order valence-corrected chi connectivity index (χ3v) is 4.08. The van der Waals surface area contributed by atoms with Crippen molar-refractivity contribution in [3.05, 3.63) is 16.0 Å². The fourth-order valence-electron chi connectivity index (χ4n) is 2.01. The first kappa shape index (κ1) is 12.1. The third kappa shape index (κ3) is 2.31. The first-order valence-electron chi connectivity index (χ1n) is 5.27. The lowest BCUT2D eigenvalue weighted by Gasteiger charge is -2.35. The SMILES string of the molecule is OCC1CCCCN1c1ncnc(Cl)c1Br. The molecule has 16 heavy (non-hydrogen) atoms. The molecule has 0 radical (unpaired) electrons. The summed E-state index contributed by atoms with van der Waals surface area (Å²) in [5, 5.41) is 9.76. The van der Waals surface area contributed by atoms with E-state index in [4.69, 9.17) is 11.6 Å². The van der Waals surface area contributed by atoms with Crippen LogP contribution in [-0.2, 0) is 0 Å². The zero-order valence-electron chi connectivity index (χ0n) is 8.74. The minimum Gasteiger partial charge on any atom is -0.394 e. The summed E-state index contributed by atoms with van der Waals surface area (Å²) < 4.78 is 0.706. The van der Waals surface area contributed by atoms with Gasteiger partial charge in [-0.2, -0.15) is 0 Å². The summed E-state index contributed by atoms with van der Waals surface area (Å²) >= 11 is 9.33. The molecule has 2 rings (SSSR count). The van der Waals surface area contributed by atoms with E-state index in [1.54, 1.807) is 0 Å². The van der Waals surface area contributed by atoms with Gasteiger partial charge in [0.15, 0.2) is 0 Å². The minimum atomic E-state index is 0.135. The maximum atomic E-state index is 9.35. The molecule has 0 saturated carbocycles. The van der Waals surface area contributed by atoms with Crippen LogP contribution in [0, 0.1) is 0 Å². The molecule has 1 saturated heterocycles. The molecule has 1 fully saturated rings. The molecule has 6 heteroatoms. The molecular formula is C10H13BrClN3O. The Morgan fingerprint density at radius 2 is 2.31 bits per heavy atom. The second-order valence-electron chi connectivity index (χ2n) is 3.83. The predicted octanol–water partition coefficient (Wildman–Crippen LogP) is 2.24. The first-order valence-corrected chi connectivity index (χ1v) is 6.44. The number of halogens is 2. The van der Waals surface area contributed by atoms with Gasteiger partial charge in [-0.3, -0.25) is 0 Å². The Kier molecular flexibility index (Phi) is 4.00. The average Bonchev–Trinajstić information content (AvgIpc) is 2.33. The quantitative estimate of drug-likeness (QED) is 0.851. The summed E-state index contributed by atoms with van der Waals surface area (Å²) in [5.41, 5.74) is 0. The van der Waals surface area contributed by atoms with Crippen LogP contribution in [0.1, 0.15) is 19.3 Å². The Morgan fingerprint density at radius 3 is 3.06 bits per heavy atom. The Bertz CT molecular complexity index is 377. The zero-order valence-corrected chi connectivity index (χ0v) is 11.1. The van der Waals surface area contributed by atoms with E-state index < -0.39 is 0 Å². The standard InChI is InChI=1S/C10H13BrClN3O/c11-8-9(12)13-6-14-10(8)15-4-2-1-3-7(15)5-16/h6-7,16H,1-5H2. The molecule has 0 bridgehead atoms. The second-order valence-corrected chi connectivity index (χ2v) is 4.98. The smallest absolute Gasteiger partial charge is 0.148 e. The summed E-state index contributed by atoms with van der Waals surface area (Å²) in [6.45, 7) is 1.05. The molecule has 1 N–H and O–H groups in total. The minimum absolute atomic E-state index is 0.135. The monoisotopic (exact) mass is 305 g/mol. The zero-order chi connectivity index (χ0) is 11.5. The van der Waals surface area contributed by atoms with Gasteiger partial charge in [-0.25, -0.2) is 9.97 Å². The van der Waals surface area contributed by atoms with E-state index >= 15 is 0 Å². The summed E-state index contributed by atoms with van der Waals surface area (Å²) in [4.78, 5) is 10.2. The van der Waals surface area contributed by atoms with Gasteiger partial charge in [0, 0.05) is 6.54 Å². The molecule has 1 aromatic heterocycles. The fourth-order valence-corrected chi connectivity index (χ4v) is 2.57. The molecule has 1 aromatic rings. The van der Waals surface area contributed by atoms with Crippen molar-refractivity contribution >= 4 is 33.3 Å². The fraction of sp³-hybridized carbons (Fsp3) is 0.600. The number of anilines is 1. The number of aromatic nitrogens is 2. The predicted molar refractivity (Wildman–Crippen MR) is 66.8 cm³/mol. The molecule has 1 unspecified atom stereocenters. The van der Waals surface area contributed by atoms with Crippen molar-refractivity contribution in [2.45, 2.75) is 25.3 Å². The summed E-state index contributed by atoms with van der Waals surface area (Å²) in [6.07, 6.45) is 4.71. The second kappa shape index (κ2) is 5.29. The molecule has 0 amide bonds. The molecule has 88 valence electrons. The van der Waals surface area contributed by atoms with Crippen molar-refractivity contribution in [3.63, 3.8) is 0 Å². The molecule has 0 aromatic carbocycles. The van der Waals surface area contributed by atoms with Gasteiger partial charge < -0.3 is 10.0 Å². The van der Waals surface area contributed by atoms with Crippen LogP contribution in [0.25, 0.3) is 0 Å². The highest BCUT2D eigenvalue weighted by atomic mass is 79.9. The number of hydrogen-bond donors (Lipinski definition) is 1. The number of rotatable bonds is 2. The Hall–Kier alpha value is -0.390. The van der Waals surface area contributed by atoms with Crippen LogP contribution >= 0.6 is 27.5 Å². The van der Waals surface area contributed by atoms with Gasteiger partial charge in [-0.05, 0) is 35.2 Å². The maximum Gasteiger partial charge on any atom is 0.148 e. The van der Waals surface area contributed by atoms with E-state index in [0.29, 0.717) is 9.63 Å². The van der Waals surface area contributed by atoms with Crippen LogP contribution in [0.5, 0.6) is 0 Å². The van der Waals surface area contributed by atoms with Crippen molar-refractivity contribution in [1.82, 2.24) is 9.97 Å². The van der Waals surface area contributed by atoms with Crippen molar-refractivity contribution in [1.29, 1.82) is 0 Å². The first-order chi connectivity index (χ1) is 7.74. The van der Waals surface area contributed by atoms with Gasteiger partial charge in [0.1, 0.15) is 17.3 Å². The van der Waals surface area contributed by atoms with Crippen molar-refractivity contribution in [2.75, 3.05) is 18.1 Å². The van der Waals surface area contributed by atoms with Crippen LogP contribution in [0.3, 0.4) is 0 Å². The third-order valence-electron chi connectivity index (χ3n) is 2.84. The number of aliphatic hydroxyl groups excluding tert-OH is 1. The Balaban J connectivity index is 2.30. The lowest BCUT2D eigenvalue weighted by Crippen LogP contribution is -2.42. The van der Waals surface area contributed by atoms with Gasteiger partial charge in [0.2, 0.25) is 0 Å². The number of hydrogen-bond acceptors (Lipinski definition) is 4. The molecule has 1 atom stereocenters. The highest BCUT2D eigenvalue weighted by Crippen LogP contribution is 2.32. The Morgan fingerprint density at radius 1 is 1.50 bits per heavy atom. The lowest BCUT2D eigenvalue weighted by atomic mass is 10.0. The van der Waals surface area contributed by atoms with Crippen molar-refractivity contribution in [3.8, 4) is 0 Å². The van der Waals surface area contributed by atoms with Gasteiger partial charge >= 0.3 is 0 Å². The lowest BCUT2D eigenvalue weighted by molar-refractivity contribution is 0.239. The molecule has 0 spiro atoms. The number of nitrogens with zero attached hydrogens (tertiary/aromatic N) is 3. The van der Waals surface area contributed by atoms with Gasteiger partial charge in [-0.15, -0.1) is 0 Å². The molecule has 1 aliphatic heterocycles. The van der Waals surface area contributed by atoms with Crippen LogP contribution < -0.4 is 4.90 Å². The molecule has 2 heterocycles. The molecule has 1 aliphatic rings. The Labute approximate surface area is 108 Å². The largest absolute Gasteiger partial charge is 0.394 e. The van der Waals surface area contributed by atoms with Crippen LogP contribution in [0.2, 0.25) is 5.15 Å². The van der Waals surface area contributed by atoms with E-state index in [9.17, 15) is 5.11 Å². The van der Waals surface area contributed by atoms with E-state index in [0.717, 1.165) is 31.6 Å². The summed E-state index contributed by atoms with van der Waals surface area (Å²) in [6, 6.07) is 0.135. The van der Waals surface area contributed by atoms with E-state index in [1.165, 1.54) is 6.33 Å².